The van der Waals surface area contributed by atoms with Crippen molar-refractivity contribution in [3.8, 4) is 28.8 Å². The number of benzene rings is 3. The Kier molecular flexibility index (Phi) is 10.7. The average molecular weight is 666 g/mol. The van der Waals surface area contributed by atoms with Gasteiger partial charge in [-0.2, -0.15) is 5.10 Å². The molecule has 1 aliphatic heterocycles. The maximum absolute atomic E-state index is 14.0. The summed E-state index contributed by atoms with van der Waals surface area (Å²) in [6, 6.07) is 16.3. The fourth-order valence-electron chi connectivity index (χ4n) is 5.66. The zero-order valence-electron chi connectivity index (χ0n) is 28.0. The number of hydrogen-bond acceptors (Lipinski definition) is 6. The van der Waals surface area contributed by atoms with Crippen LogP contribution in [0.1, 0.15) is 62.3 Å². The van der Waals surface area contributed by atoms with E-state index < -0.39 is 35.5 Å². The molecule has 2 unspecified atom stereocenters. The lowest BCUT2D eigenvalue weighted by Crippen LogP contribution is -2.57. The fraction of sp³-hybridized carbons (Fsp3) is 0.316. The molecule has 0 radical (unpaired) electrons. The van der Waals surface area contributed by atoms with Gasteiger partial charge in [0.2, 0.25) is 11.8 Å². The van der Waals surface area contributed by atoms with Gasteiger partial charge in [0, 0.05) is 29.8 Å². The molecular weight excluding hydrogens is 625 g/mol. The smallest absolute Gasteiger partial charge is 0.408 e. The van der Waals surface area contributed by atoms with Crippen molar-refractivity contribution < 1.29 is 28.6 Å². The average Bonchev–Trinajstić information content (AvgIpc) is 3.52. The van der Waals surface area contributed by atoms with Crippen molar-refractivity contribution in [2.75, 3.05) is 11.9 Å². The summed E-state index contributed by atoms with van der Waals surface area (Å²) >= 11 is 0. The van der Waals surface area contributed by atoms with Crippen molar-refractivity contribution in [2.24, 2.45) is 0 Å². The van der Waals surface area contributed by atoms with Crippen LogP contribution in [0.15, 0.2) is 72.9 Å². The molecule has 0 spiro atoms. The first-order valence-corrected chi connectivity index (χ1v) is 16.2. The first-order valence-electron chi connectivity index (χ1n) is 16.2. The predicted octanol–water partition coefficient (Wildman–Crippen LogP) is 6.09. The van der Waals surface area contributed by atoms with Crippen molar-refractivity contribution in [1.82, 2.24) is 20.4 Å². The first-order chi connectivity index (χ1) is 23.4. The van der Waals surface area contributed by atoms with Gasteiger partial charge in [0.05, 0.1) is 17.5 Å². The molecule has 49 heavy (non-hydrogen) atoms. The minimum absolute atomic E-state index is 0.0234. The van der Waals surface area contributed by atoms with Crippen molar-refractivity contribution in [2.45, 2.75) is 71.1 Å². The highest BCUT2D eigenvalue weighted by atomic mass is 19.1. The fourth-order valence-corrected chi connectivity index (χ4v) is 5.66. The lowest BCUT2D eigenvalue weighted by Gasteiger charge is -2.37. The van der Waals surface area contributed by atoms with Crippen molar-refractivity contribution in [3.05, 3.63) is 101 Å². The van der Waals surface area contributed by atoms with Gasteiger partial charge in [0.15, 0.2) is 0 Å². The number of amides is 3. The van der Waals surface area contributed by atoms with E-state index >= 15 is 0 Å². The molecule has 1 aliphatic rings. The van der Waals surface area contributed by atoms with Gasteiger partial charge in [-0.3, -0.25) is 14.7 Å². The van der Waals surface area contributed by atoms with Crippen LogP contribution in [-0.2, 0) is 20.7 Å². The molecule has 3 aromatic carbocycles. The first kappa shape index (κ1) is 34.7. The number of piperidine rings is 1. The summed E-state index contributed by atoms with van der Waals surface area (Å²) in [7, 11) is 0. The van der Waals surface area contributed by atoms with E-state index in [-0.39, 0.29) is 18.1 Å². The van der Waals surface area contributed by atoms with Gasteiger partial charge >= 0.3 is 6.09 Å². The Morgan fingerprint density at radius 2 is 1.86 bits per heavy atom. The van der Waals surface area contributed by atoms with E-state index in [1.54, 1.807) is 69.4 Å². The molecule has 11 heteroatoms. The Morgan fingerprint density at radius 1 is 1.08 bits per heavy atom. The van der Waals surface area contributed by atoms with Crippen LogP contribution >= 0.6 is 0 Å². The van der Waals surface area contributed by atoms with Gasteiger partial charge in [-0.05, 0) is 101 Å². The summed E-state index contributed by atoms with van der Waals surface area (Å²) in [5.74, 6) is 5.06. The minimum Gasteiger partial charge on any atom is -0.507 e. The van der Waals surface area contributed by atoms with Crippen LogP contribution in [0.2, 0.25) is 0 Å². The summed E-state index contributed by atoms with van der Waals surface area (Å²) < 4.78 is 19.4. The lowest BCUT2D eigenvalue weighted by atomic mass is 9.98. The molecule has 1 aromatic heterocycles. The summed E-state index contributed by atoms with van der Waals surface area (Å²) in [4.78, 5) is 41.8. The number of phenolic OH excluding ortho intramolecular Hbond substituents is 1. The van der Waals surface area contributed by atoms with Crippen LogP contribution in [-0.4, -0.2) is 62.3 Å². The molecule has 1 saturated heterocycles. The maximum atomic E-state index is 14.0. The number of hydrogen-bond donors (Lipinski definition) is 4. The predicted molar refractivity (Wildman–Crippen MR) is 184 cm³/mol. The Balaban J connectivity index is 1.29. The van der Waals surface area contributed by atoms with E-state index in [0.29, 0.717) is 53.0 Å². The Morgan fingerprint density at radius 3 is 2.59 bits per heavy atom. The second-order valence-corrected chi connectivity index (χ2v) is 13.1. The summed E-state index contributed by atoms with van der Waals surface area (Å²) in [6.45, 7) is 7.42. The number of aromatic nitrogens is 2. The van der Waals surface area contributed by atoms with Crippen LogP contribution in [0.4, 0.5) is 14.9 Å². The number of aryl methyl sites for hydroxylation is 1. The number of phenols is 1. The summed E-state index contributed by atoms with van der Waals surface area (Å²) in [6.07, 6.45) is 2.74. The van der Waals surface area contributed by atoms with Gasteiger partial charge in [0.1, 0.15) is 29.3 Å². The van der Waals surface area contributed by atoms with E-state index in [9.17, 15) is 23.9 Å². The number of H-pyrrole nitrogens is 1. The normalized spacial score (nSPS) is 15.0. The number of aromatic hydroxyl groups is 1. The molecule has 254 valence electrons. The monoisotopic (exact) mass is 665 g/mol. The van der Waals surface area contributed by atoms with Crippen LogP contribution in [0.25, 0.3) is 11.3 Å². The molecule has 5 rings (SSSR count). The number of aromatic amines is 1. The van der Waals surface area contributed by atoms with Gasteiger partial charge in [-0.1, -0.05) is 35.6 Å². The number of alkyl carbamates (subject to hydrolysis) is 1. The number of nitrogens with zero attached hydrogens (tertiary/aromatic N) is 2. The lowest BCUT2D eigenvalue weighted by molar-refractivity contribution is -0.142. The number of rotatable bonds is 7. The SMILES string of the molecule is Cc1ccc(O)c(-c2[nH]ncc2C#Cc2ccc(NC(=O)C3CCCCN3C(=O)C(Cc3cccc(F)c3)NC(=O)OC(C)(C)C)cc2)c1. The Bertz CT molecular complexity index is 1890. The molecule has 0 bridgehead atoms. The third-order valence-corrected chi connectivity index (χ3v) is 7.96. The highest BCUT2D eigenvalue weighted by Crippen LogP contribution is 2.30. The van der Waals surface area contributed by atoms with E-state index in [1.165, 1.54) is 17.0 Å². The van der Waals surface area contributed by atoms with E-state index in [0.717, 1.165) is 12.0 Å². The molecule has 2 heterocycles. The topological polar surface area (TPSA) is 137 Å². The second-order valence-electron chi connectivity index (χ2n) is 13.1. The van der Waals surface area contributed by atoms with E-state index in [1.807, 2.05) is 19.1 Å². The zero-order chi connectivity index (χ0) is 35.1. The standard InChI is InChI=1S/C38H40FN5O5/c1-24-11-18-33(45)30(20-24)34-27(23-40-43-34)15-12-25-13-16-29(17-14-25)41-35(46)32-10-5-6-19-44(32)36(47)31(42-37(48)49-38(2,3)4)22-26-8-7-9-28(39)21-26/h7-9,11,13-14,16-18,20-21,23,31-32,45H,5-6,10,19,22H2,1-4H3,(H,40,43)(H,41,46)(H,42,48). The van der Waals surface area contributed by atoms with Gasteiger partial charge in [0.25, 0.3) is 0 Å². The molecule has 10 nitrogen and oxygen atoms in total. The number of anilines is 1. The van der Waals surface area contributed by atoms with Crippen molar-refractivity contribution in [3.63, 3.8) is 0 Å². The number of nitrogens with one attached hydrogen (secondary N) is 3. The van der Waals surface area contributed by atoms with E-state index in [4.69, 9.17) is 4.74 Å². The Hall–Kier alpha value is -5.63. The van der Waals surface area contributed by atoms with Gasteiger partial charge in [-0.15, -0.1) is 0 Å². The van der Waals surface area contributed by atoms with Crippen LogP contribution in [0.3, 0.4) is 0 Å². The van der Waals surface area contributed by atoms with Crippen molar-refractivity contribution in [1.29, 1.82) is 0 Å². The third kappa shape index (κ3) is 9.26. The number of likely N-dealkylation sites (tertiary alicyclic amines) is 1. The second kappa shape index (κ2) is 15.1. The van der Waals surface area contributed by atoms with Crippen LogP contribution in [0.5, 0.6) is 5.75 Å². The third-order valence-electron chi connectivity index (χ3n) is 7.96. The molecule has 2 atom stereocenters. The zero-order valence-corrected chi connectivity index (χ0v) is 28.0. The quantitative estimate of drug-likeness (QED) is 0.177. The maximum Gasteiger partial charge on any atom is 0.408 e. The molecule has 0 saturated carbocycles. The van der Waals surface area contributed by atoms with Crippen molar-refractivity contribution >= 4 is 23.6 Å². The van der Waals surface area contributed by atoms with E-state index in [2.05, 4.69) is 32.7 Å². The Labute approximate surface area is 285 Å². The summed E-state index contributed by atoms with van der Waals surface area (Å²) in [5.41, 5.74) is 3.79. The van der Waals surface area contributed by atoms with Crippen LogP contribution < -0.4 is 10.6 Å². The number of carbonyl (C=O) groups is 3. The molecule has 1 fully saturated rings. The molecule has 3 amide bonds. The number of halogens is 1. The van der Waals surface area contributed by atoms with Gasteiger partial charge < -0.3 is 25.4 Å². The van der Waals surface area contributed by atoms with Gasteiger partial charge in [-0.25, -0.2) is 9.18 Å². The molecule has 4 aromatic rings. The molecular formula is C38H40FN5O5. The number of carbonyl (C=O) groups excluding carboxylic acids is 3. The van der Waals surface area contributed by atoms with Crippen LogP contribution in [0, 0.1) is 24.6 Å². The number of ether oxygens (including phenoxy) is 1. The largest absolute Gasteiger partial charge is 0.507 e. The minimum atomic E-state index is -1.08. The summed E-state index contributed by atoms with van der Waals surface area (Å²) in [5, 5.41) is 22.9. The highest BCUT2D eigenvalue weighted by molar-refractivity contribution is 5.98. The molecule has 4 N–H and O–H groups in total. The highest BCUT2D eigenvalue weighted by Gasteiger charge is 2.37. The molecule has 0 aliphatic carbocycles.